The predicted molar refractivity (Wildman–Crippen MR) is 73.6 cm³/mol. The summed E-state index contributed by atoms with van der Waals surface area (Å²) in [5, 5.41) is 0. The van der Waals surface area contributed by atoms with Crippen molar-refractivity contribution in [2.45, 2.75) is 19.9 Å². The van der Waals surface area contributed by atoms with E-state index < -0.39 is 11.9 Å². The molecule has 0 amide bonds. The minimum absolute atomic E-state index is 0.0851. The normalized spacial score (nSPS) is 12.2. The highest BCUT2D eigenvalue weighted by Crippen LogP contribution is 2.22. The van der Waals surface area contributed by atoms with E-state index in [2.05, 4.69) is 0 Å². The van der Waals surface area contributed by atoms with Crippen molar-refractivity contribution in [2.75, 3.05) is 0 Å². The number of carbonyl (C=O) groups is 1. The summed E-state index contributed by atoms with van der Waals surface area (Å²) in [6.07, 6.45) is 0. The first kappa shape index (κ1) is 13.4. The van der Waals surface area contributed by atoms with Gasteiger partial charge in [0.15, 0.2) is 5.78 Å². The number of halogens is 1. The van der Waals surface area contributed by atoms with Crippen LogP contribution in [0.15, 0.2) is 42.5 Å². The molecule has 2 aromatic carbocycles. The average Bonchev–Trinajstić information content (AvgIpc) is 2.37. The number of rotatable bonds is 3. The fourth-order valence-electron chi connectivity index (χ4n) is 2.20. The van der Waals surface area contributed by atoms with Gasteiger partial charge in [-0.2, -0.15) is 0 Å². The number of nitrogens with two attached hydrogens (primary N) is 1. The van der Waals surface area contributed by atoms with Gasteiger partial charge in [-0.05, 0) is 36.6 Å². The van der Waals surface area contributed by atoms with Gasteiger partial charge in [0, 0.05) is 0 Å². The second kappa shape index (κ2) is 5.33. The molecule has 0 radical (unpaired) electrons. The summed E-state index contributed by atoms with van der Waals surface area (Å²) in [7, 11) is 0. The molecular formula is C16H16FNO. The largest absolute Gasteiger partial charge is 0.318 e. The number of carbonyl (C=O) groups excluding carboxylic acids is 1. The van der Waals surface area contributed by atoms with Gasteiger partial charge < -0.3 is 5.73 Å². The summed E-state index contributed by atoms with van der Waals surface area (Å²) in [6, 6.07) is 11.3. The average molecular weight is 257 g/mol. The maximum Gasteiger partial charge on any atom is 0.187 e. The third-order valence-electron chi connectivity index (χ3n) is 3.12. The Morgan fingerprint density at radius 2 is 1.79 bits per heavy atom. The molecule has 0 heterocycles. The zero-order valence-corrected chi connectivity index (χ0v) is 11.0. The van der Waals surface area contributed by atoms with Crippen LogP contribution >= 0.6 is 0 Å². The lowest BCUT2D eigenvalue weighted by Crippen LogP contribution is -2.23. The van der Waals surface area contributed by atoms with Crippen LogP contribution in [0.2, 0.25) is 0 Å². The molecule has 1 atom stereocenters. The molecule has 0 bridgehead atoms. The van der Waals surface area contributed by atoms with E-state index in [0.717, 1.165) is 5.56 Å². The standard InChI is InChI=1S/C16H16FNO/c1-10-8-11(2)14(13(17)9-10)16(19)15(18)12-6-4-3-5-7-12/h3-9,15H,18H2,1-2H3. The van der Waals surface area contributed by atoms with Crippen molar-refractivity contribution in [1.29, 1.82) is 0 Å². The molecule has 0 aliphatic carbocycles. The fourth-order valence-corrected chi connectivity index (χ4v) is 2.20. The molecule has 98 valence electrons. The lowest BCUT2D eigenvalue weighted by Gasteiger charge is -2.14. The first-order valence-electron chi connectivity index (χ1n) is 6.12. The highest BCUT2D eigenvalue weighted by atomic mass is 19.1. The minimum Gasteiger partial charge on any atom is -0.318 e. The lowest BCUT2D eigenvalue weighted by molar-refractivity contribution is 0.0956. The Hall–Kier alpha value is -2.00. The zero-order chi connectivity index (χ0) is 14.0. The molecule has 0 aliphatic rings. The van der Waals surface area contributed by atoms with Crippen LogP contribution in [0, 0.1) is 19.7 Å². The van der Waals surface area contributed by atoms with Crippen LogP contribution in [0.5, 0.6) is 0 Å². The third kappa shape index (κ3) is 2.71. The quantitative estimate of drug-likeness (QED) is 0.857. The molecule has 2 rings (SSSR count). The van der Waals surface area contributed by atoms with Crippen molar-refractivity contribution < 1.29 is 9.18 Å². The van der Waals surface area contributed by atoms with Gasteiger partial charge in [-0.25, -0.2) is 4.39 Å². The van der Waals surface area contributed by atoms with Crippen LogP contribution in [-0.4, -0.2) is 5.78 Å². The number of Topliss-reactive ketones (excluding diaryl/α,β-unsaturated/α-hetero) is 1. The third-order valence-corrected chi connectivity index (χ3v) is 3.12. The number of benzene rings is 2. The van der Waals surface area contributed by atoms with Gasteiger partial charge in [0.1, 0.15) is 5.82 Å². The smallest absolute Gasteiger partial charge is 0.187 e. The second-order valence-electron chi connectivity index (χ2n) is 4.69. The number of hydrogen-bond acceptors (Lipinski definition) is 2. The predicted octanol–water partition coefficient (Wildman–Crippen LogP) is 3.33. The van der Waals surface area contributed by atoms with Crippen molar-refractivity contribution in [3.8, 4) is 0 Å². The van der Waals surface area contributed by atoms with Gasteiger partial charge in [-0.1, -0.05) is 36.4 Å². The molecular weight excluding hydrogens is 241 g/mol. The molecule has 0 saturated heterocycles. The summed E-state index contributed by atoms with van der Waals surface area (Å²) in [5.41, 5.74) is 8.11. The van der Waals surface area contributed by atoms with Crippen LogP contribution in [-0.2, 0) is 0 Å². The maximum absolute atomic E-state index is 14.0. The maximum atomic E-state index is 14.0. The Bertz CT molecular complexity index is 584. The van der Waals surface area contributed by atoms with Crippen molar-refractivity contribution in [2.24, 2.45) is 5.73 Å². The second-order valence-corrected chi connectivity index (χ2v) is 4.69. The number of ketones is 1. The van der Waals surface area contributed by atoms with Gasteiger partial charge >= 0.3 is 0 Å². The van der Waals surface area contributed by atoms with E-state index in [9.17, 15) is 9.18 Å². The van der Waals surface area contributed by atoms with Crippen LogP contribution in [0.25, 0.3) is 0 Å². The molecule has 2 nitrogen and oxygen atoms in total. The Labute approximate surface area is 112 Å². The molecule has 3 heteroatoms. The van der Waals surface area contributed by atoms with Crippen LogP contribution in [0.1, 0.15) is 33.1 Å². The molecule has 2 aromatic rings. The molecule has 1 unspecified atom stereocenters. The summed E-state index contributed by atoms with van der Waals surface area (Å²) in [6.45, 7) is 3.52. The number of hydrogen-bond donors (Lipinski definition) is 1. The first-order valence-corrected chi connectivity index (χ1v) is 6.12. The fraction of sp³-hybridized carbons (Fsp3) is 0.188. The van der Waals surface area contributed by atoms with Crippen LogP contribution in [0.3, 0.4) is 0 Å². The van der Waals surface area contributed by atoms with Crippen molar-refractivity contribution >= 4 is 5.78 Å². The summed E-state index contributed by atoms with van der Waals surface area (Å²) in [5.74, 6) is -0.893. The Morgan fingerprint density at radius 1 is 1.16 bits per heavy atom. The van der Waals surface area contributed by atoms with E-state index in [1.165, 1.54) is 6.07 Å². The van der Waals surface area contributed by atoms with Gasteiger partial charge in [0.2, 0.25) is 0 Å². The van der Waals surface area contributed by atoms with Gasteiger partial charge in [0.05, 0.1) is 11.6 Å². The molecule has 0 aromatic heterocycles. The molecule has 0 saturated carbocycles. The Balaban J connectivity index is 2.40. The zero-order valence-electron chi connectivity index (χ0n) is 11.0. The lowest BCUT2D eigenvalue weighted by atomic mass is 9.94. The monoisotopic (exact) mass is 257 g/mol. The van der Waals surface area contributed by atoms with Gasteiger partial charge in [0.25, 0.3) is 0 Å². The summed E-state index contributed by atoms with van der Waals surface area (Å²) in [4.78, 5) is 12.3. The topological polar surface area (TPSA) is 43.1 Å². The van der Waals surface area contributed by atoms with E-state index >= 15 is 0 Å². The summed E-state index contributed by atoms with van der Waals surface area (Å²) < 4.78 is 14.0. The Kier molecular flexibility index (Phi) is 3.76. The van der Waals surface area contributed by atoms with E-state index in [1.54, 1.807) is 44.2 Å². The first-order chi connectivity index (χ1) is 9.00. The number of aryl methyl sites for hydroxylation is 2. The van der Waals surface area contributed by atoms with Crippen LogP contribution < -0.4 is 5.73 Å². The molecule has 2 N–H and O–H groups in total. The Morgan fingerprint density at radius 3 is 2.37 bits per heavy atom. The van der Waals surface area contributed by atoms with Crippen molar-refractivity contribution in [3.05, 3.63) is 70.5 Å². The molecule has 0 spiro atoms. The van der Waals surface area contributed by atoms with Gasteiger partial charge in [-0.15, -0.1) is 0 Å². The molecule has 0 aliphatic heterocycles. The highest BCUT2D eigenvalue weighted by molar-refractivity contribution is 6.02. The van der Waals surface area contributed by atoms with Gasteiger partial charge in [-0.3, -0.25) is 4.79 Å². The molecule has 19 heavy (non-hydrogen) atoms. The molecule has 0 fully saturated rings. The van der Waals surface area contributed by atoms with E-state index in [0.29, 0.717) is 11.1 Å². The highest BCUT2D eigenvalue weighted by Gasteiger charge is 2.22. The van der Waals surface area contributed by atoms with E-state index in [-0.39, 0.29) is 11.3 Å². The van der Waals surface area contributed by atoms with Crippen molar-refractivity contribution in [3.63, 3.8) is 0 Å². The minimum atomic E-state index is -0.836. The van der Waals surface area contributed by atoms with E-state index in [4.69, 9.17) is 5.73 Å². The van der Waals surface area contributed by atoms with Crippen LogP contribution in [0.4, 0.5) is 4.39 Å². The van der Waals surface area contributed by atoms with Crippen molar-refractivity contribution in [1.82, 2.24) is 0 Å². The SMILES string of the molecule is Cc1cc(C)c(C(=O)C(N)c2ccccc2)c(F)c1. The van der Waals surface area contributed by atoms with E-state index in [1.807, 2.05) is 6.07 Å². The summed E-state index contributed by atoms with van der Waals surface area (Å²) >= 11 is 0.